The van der Waals surface area contributed by atoms with Gasteiger partial charge in [-0.1, -0.05) is 12.1 Å². The lowest BCUT2D eigenvalue weighted by molar-refractivity contribution is -0.145. The van der Waals surface area contributed by atoms with Gasteiger partial charge in [-0.25, -0.2) is 0 Å². The van der Waals surface area contributed by atoms with E-state index < -0.39 is 0 Å². The van der Waals surface area contributed by atoms with Crippen LogP contribution in [-0.2, 0) is 9.53 Å². The van der Waals surface area contributed by atoms with Crippen LogP contribution in [0.25, 0.3) is 0 Å². The molecule has 0 bridgehead atoms. The van der Waals surface area contributed by atoms with E-state index in [1.165, 1.54) is 6.92 Å². The Kier molecular flexibility index (Phi) is 3.12. The van der Waals surface area contributed by atoms with Crippen LogP contribution in [-0.4, -0.2) is 5.97 Å². The third-order valence-electron chi connectivity index (χ3n) is 2.20. The monoisotopic (exact) mass is 193 g/mol. The van der Waals surface area contributed by atoms with Gasteiger partial charge in [-0.05, 0) is 31.0 Å². The molecule has 14 heavy (non-hydrogen) atoms. The standard InChI is InChI=1S/C11H15NO2/c1-7-10(5-4-6-11(7)12)8(2)14-9(3)13/h4-6,8H,12H2,1-3H3. The summed E-state index contributed by atoms with van der Waals surface area (Å²) < 4.78 is 5.08. The molecule has 0 aromatic heterocycles. The van der Waals surface area contributed by atoms with Crippen molar-refractivity contribution < 1.29 is 9.53 Å². The topological polar surface area (TPSA) is 52.3 Å². The zero-order chi connectivity index (χ0) is 10.7. The average molecular weight is 193 g/mol. The quantitative estimate of drug-likeness (QED) is 0.578. The molecule has 0 aliphatic rings. The summed E-state index contributed by atoms with van der Waals surface area (Å²) in [6.45, 7) is 5.16. The van der Waals surface area contributed by atoms with E-state index in [4.69, 9.17) is 10.5 Å². The van der Waals surface area contributed by atoms with Gasteiger partial charge in [0.25, 0.3) is 0 Å². The Balaban J connectivity index is 2.95. The Morgan fingerprint density at radius 3 is 2.71 bits per heavy atom. The minimum absolute atomic E-state index is 0.240. The van der Waals surface area contributed by atoms with Crippen molar-refractivity contribution in [3.63, 3.8) is 0 Å². The first-order valence-electron chi connectivity index (χ1n) is 4.54. The van der Waals surface area contributed by atoms with E-state index in [0.29, 0.717) is 0 Å². The summed E-state index contributed by atoms with van der Waals surface area (Å²) in [6, 6.07) is 5.61. The summed E-state index contributed by atoms with van der Waals surface area (Å²) in [5.74, 6) is -0.278. The third-order valence-corrected chi connectivity index (χ3v) is 2.20. The van der Waals surface area contributed by atoms with Gasteiger partial charge in [0.05, 0.1) is 0 Å². The van der Waals surface area contributed by atoms with Crippen molar-refractivity contribution in [1.29, 1.82) is 0 Å². The molecule has 3 nitrogen and oxygen atoms in total. The number of carbonyl (C=O) groups is 1. The molecule has 0 radical (unpaired) electrons. The van der Waals surface area contributed by atoms with Gasteiger partial charge < -0.3 is 10.5 Å². The number of nitrogen functional groups attached to an aromatic ring is 1. The molecule has 0 saturated carbocycles. The molecule has 1 aromatic rings. The van der Waals surface area contributed by atoms with Crippen LogP contribution < -0.4 is 5.73 Å². The van der Waals surface area contributed by atoms with E-state index in [-0.39, 0.29) is 12.1 Å². The Labute approximate surface area is 83.9 Å². The molecule has 1 unspecified atom stereocenters. The molecule has 0 saturated heterocycles. The molecule has 1 aromatic carbocycles. The fourth-order valence-electron chi connectivity index (χ4n) is 1.42. The molecule has 1 atom stereocenters. The largest absolute Gasteiger partial charge is 0.458 e. The summed E-state index contributed by atoms with van der Waals surface area (Å²) >= 11 is 0. The highest BCUT2D eigenvalue weighted by atomic mass is 16.5. The third kappa shape index (κ3) is 2.25. The maximum atomic E-state index is 10.8. The molecule has 0 fully saturated rings. The van der Waals surface area contributed by atoms with Crippen molar-refractivity contribution in [2.75, 3.05) is 5.73 Å². The van der Waals surface area contributed by atoms with Gasteiger partial charge in [-0.3, -0.25) is 4.79 Å². The minimum atomic E-state index is -0.278. The Hall–Kier alpha value is -1.51. The summed E-state index contributed by atoms with van der Waals surface area (Å²) in [5.41, 5.74) is 8.40. The lowest BCUT2D eigenvalue weighted by atomic mass is 10.0. The maximum Gasteiger partial charge on any atom is 0.303 e. The SMILES string of the molecule is CC(=O)OC(C)c1cccc(N)c1C. The van der Waals surface area contributed by atoms with Crippen molar-refractivity contribution in [2.24, 2.45) is 0 Å². The molecule has 0 heterocycles. The van der Waals surface area contributed by atoms with Gasteiger partial charge in [0, 0.05) is 12.6 Å². The molecule has 3 heteroatoms. The molecule has 0 aliphatic heterocycles. The number of hydrogen-bond acceptors (Lipinski definition) is 3. The summed E-state index contributed by atoms with van der Waals surface area (Å²) in [4.78, 5) is 10.8. The predicted molar refractivity (Wildman–Crippen MR) is 55.8 cm³/mol. The van der Waals surface area contributed by atoms with Crippen molar-refractivity contribution >= 4 is 11.7 Å². The normalized spacial score (nSPS) is 12.2. The van der Waals surface area contributed by atoms with E-state index in [2.05, 4.69) is 0 Å². The molecular weight excluding hydrogens is 178 g/mol. The molecule has 76 valence electrons. The van der Waals surface area contributed by atoms with E-state index in [1.807, 2.05) is 32.0 Å². The van der Waals surface area contributed by atoms with E-state index >= 15 is 0 Å². The second kappa shape index (κ2) is 4.13. The number of ether oxygens (including phenoxy) is 1. The van der Waals surface area contributed by atoms with Crippen LogP contribution in [0.2, 0.25) is 0 Å². The van der Waals surface area contributed by atoms with Crippen LogP contribution in [0.5, 0.6) is 0 Å². The van der Waals surface area contributed by atoms with Crippen LogP contribution >= 0.6 is 0 Å². The second-order valence-corrected chi connectivity index (χ2v) is 3.31. The van der Waals surface area contributed by atoms with E-state index in [0.717, 1.165) is 16.8 Å². The summed E-state index contributed by atoms with van der Waals surface area (Å²) in [6.07, 6.45) is -0.240. The number of hydrogen-bond donors (Lipinski definition) is 1. The molecule has 1 rings (SSSR count). The van der Waals surface area contributed by atoms with Gasteiger partial charge in [-0.15, -0.1) is 0 Å². The number of rotatable bonds is 2. The van der Waals surface area contributed by atoms with Crippen LogP contribution in [0.15, 0.2) is 18.2 Å². The smallest absolute Gasteiger partial charge is 0.303 e. The number of benzene rings is 1. The number of anilines is 1. The number of carbonyl (C=O) groups excluding carboxylic acids is 1. The predicted octanol–water partition coefficient (Wildman–Crippen LogP) is 2.20. The van der Waals surface area contributed by atoms with Crippen molar-refractivity contribution in [1.82, 2.24) is 0 Å². The fraction of sp³-hybridized carbons (Fsp3) is 0.364. The number of nitrogens with two attached hydrogens (primary N) is 1. The molecule has 0 aliphatic carbocycles. The molecular formula is C11H15NO2. The lowest BCUT2D eigenvalue weighted by Gasteiger charge is -2.15. The highest BCUT2D eigenvalue weighted by Crippen LogP contribution is 2.24. The van der Waals surface area contributed by atoms with E-state index in [1.54, 1.807) is 0 Å². The highest BCUT2D eigenvalue weighted by molar-refractivity contribution is 5.66. The van der Waals surface area contributed by atoms with Gasteiger partial charge >= 0.3 is 5.97 Å². The van der Waals surface area contributed by atoms with Crippen LogP contribution in [0.4, 0.5) is 5.69 Å². The maximum absolute atomic E-state index is 10.8. The van der Waals surface area contributed by atoms with Gasteiger partial charge in [0.1, 0.15) is 6.10 Å². The first-order chi connectivity index (χ1) is 6.52. The van der Waals surface area contributed by atoms with Crippen molar-refractivity contribution in [3.05, 3.63) is 29.3 Å². The average Bonchev–Trinajstić information content (AvgIpc) is 2.08. The molecule has 0 amide bonds. The highest BCUT2D eigenvalue weighted by Gasteiger charge is 2.11. The summed E-state index contributed by atoms with van der Waals surface area (Å²) in [7, 11) is 0. The first kappa shape index (κ1) is 10.6. The van der Waals surface area contributed by atoms with Gasteiger partial charge in [0.2, 0.25) is 0 Å². The van der Waals surface area contributed by atoms with Crippen molar-refractivity contribution in [2.45, 2.75) is 26.9 Å². The van der Waals surface area contributed by atoms with Gasteiger partial charge in [-0.2, -0.15) is 0 Å². The second-order valence-electron chi connectivity index (χ2n) is 3.31. The molecule has 0 spiro atoms. The Morgan fingerprint density at radius 1 is 1.50 bits per heavy atom. The Bertz CT molecular complexity index is 347. The zero-order valence-electron chi connectivity index (χ0n) is 8.70. The van der Waals surface area contributed by atoms with E-state index in [9.17, 15) is 4.79 Å². The van der Waals surface area contributed by atoms with Gasteiger partial charge in [0.15, 0.2) is 0 Å². The first-order valence-corrected chi connectivity index (χ1v) is 4.54. The summed E-state index contributed by atoms with van der Waals surface area (Å²) in [5, 5.41) is 0. The molecule has 2 N–H and O–H groups in total. The van der Waals surface area contributed by atoms with Crippen LogP contribution in [0.1, 0.15) is 31.1 Å². The van der Waals surface area contributed by atoms with Crippen LogP contribution in [0, 0.1) is 6.92 Å². The zero-order valence-corrected chi connectivity index (χ0v) is 8.70. The lowest BCUT2D eigenvalue weighted by Crippen LogP contribution is -2.07. The minimum Gasteiger partial charge on any atom is -0.458 e. The Morgan fingerprint density at radius 2 is 2.14 bits per heavy atom. The number of esters is 1. The van der Waals surface area contributed by atoms with Crippen LogP contribution in [0.3, 0.4) is 0 Å². The van der Waals surface area contributed by atoms with Crippen molar-refractivity contribution in [3.8, 4) is 0 Å². The fourth-order valence-corrected chi connectivity index (χ4v) is 1.42.